The SMILES string of the molecule is Cc1nccc(CNC(Cn2ccnc2)C(C)(C)C)n1. The smallest absolute Gasteiger partial charge is 0.125 e. The summed E-state index contributed by atoms with van der Waals surface area (Å²) in [7, 11) is 0. The van der Waals surface area contributed by atoms with Gasteiger partial charge in [0.05, 0.1) is 12.0 Å². The summed E-state index contributed by atoms with van der Waals surface area (Å²) in [6.45, 7) is 10.3. The first-order valence-corrected chi connectivity index (χ1v) is 6.93. The first kappa shape index (κ1) is 14.7. The van der Waals surface area contributed by atoms with Crippen LogP contribution in [0.15, 0.2) is 31.0 Å². The van der Waals surface area contributed by atoms with Crippen LogP contribution in [-0.2, 0) is 13.1 Å². The second-order valence-electron chi connectivity index (χ2n) is 6.15. The summed E-state index contributed by atoms with van der Waals surface area (Å²) in [5, 5.41) is 3.60. The van der Waals surface area contributed by atoms with E-state index in [2.05, 4.69) is 45.6 Å². The number of rotatable bonds is 5. The van der Waals surface area contributed by atoms with Crippen molar-refractivity contribution in [3.63, 3.8) is 0 Å². The molecule has 0 bridgehead atoms. The van der Waals surface area contributed by atoms with Gasteiger partial charge in [0.2, 0.25) is 0 Å². The molecule has 5 heteroatoms. The van der Waals surface area contributed by atoms with Crippen LogP contribution in [0.25, 0.3) is 0 Å². The van der Waals surface area contributed by atoms with Gasteiger partial charge in [-0.25, -0.2) is 15.0 Å². The Morgan fingerprint density at radius 2 is 2.10 bits per heavy atom. The lowest BCUT2D eigenvalue weighted by Gasteiger charge is -2.32. The van der Waals surface area contributed by atoms with E-state index in [-0.39, 0.29) is 5.41 Å². The van der Waals surface area contributed by atoms with Crippen molar-refractivity contribution >= 4 is 0 Å². The molecule has 0 amide bonds. The summed E-state index contributed by atoms with van der Waals surface area (Å²) in [5.74, 6) is 0.811. The maximum absolute atomic E-state index is 4.43. The van der Waals surface area contributed by atoms with Crippen molar-refractivity contribution in [3.05, 3.63) is 42.5 Å². The van der Waals surface area contributed by atoms with Crippen molar-refractivity contribution in [3.8, 4) is 0 Å². The van der Waals surface area contributed by atoms with Crippen molar-refractivity contribution in [2.24, 2.45) is 5.41 Å². The molecular formula is C15H23N5. The van der Waals surface area contributed by atoms with E-state index in [4.69, 9.17) is 0 Å². The minimum absolute atomic E-state index is 0.159. The molecular weight excluding hydrogens is 250 g/mol. The molecule has 0 aliphatic rings. The van der Waals surface area contributed by atoms with Crippen LogP contribution < -0.4 is 5.32 Å². The van der Waals surface area contributed by atoms with Crippen LogP contribution >= 0.6 is 0 Å². The summed E-state index contributed by atoms with van der Waals surface area (Å²) < 4.78 is 2.11. The van der Waals surface area contributed by atoms with Gasteiger partial charge in [-0.2, -0.15) is 0 Å². The second kappa shape index (κ2) is 6.13. The van der Waals surface area contributed by atoms with Gasteiger partial charge >= 0.3 is 0 Å². The zero-order valence-electron chi connectivity index (χ0n) is 12.7. The molecule has 1 unspecified atom stereocenters. The molecule has 2 heterocycles. The van der Waals surface area contributed by atoms with E-state index in [1.807, 2.05) is 31.7 Å². The molecule has 108 valence electrons. The Hall–Kier alpha value is -1.75. The largest absolute Gasteiger partial charge is 0.336 e. The minimum Gasteiger partial charge on any atom is -0.336 e. The predicted octanol–water partition coefficient (Wildman–Crippen LogP) is 2.19. The molecule has 0 aliphatic heterocycles. The lowest BCUT2D eigenvalue weighted by Crippen LogP contribution is -2.43. The van der Waals surface area contributed by atoms with E-state index in [9.17, 15) is 0 Å². The maximum Gasteiger partial charge on any atom is 0.125 e. The molecule has 0 spiro atoms. The highest BCUT2D eigenvalue weighted by atomic mass is 15.1. The van der Waals surface area contributed by atoms with Gasteiger partial charge < -0.3 is 9.88 Å². The molecule has 20 heavy (non-hydrogen) atoms. The highest BCUT2D eigenvalue weighted by Crippen LogP contribution is 2.21. The van der Waals surface area contributed by atoms with E-state index in [0.717, 1.165) is 24.6 Å². The fourth-order valence-electron chi connectivity index (χ4n) is 2.08. The molecule has 2 aromatic rings. The molecule has 5 nitrogen and oxygen atoms in total. The lowest BCUT2D eigenvalue weighted by molar-refractivity contribution is 0.239. The molecule has 0 saturated heterocycles. The number of imidazole rings is 1. The van der Waals surface area contributed by atoms with Crippen LogP contribution in [0.3, 0.4) is 0 Å². The average molecular weight is 273 g/mol. The molecule has 1 atom stereocenters. The number of nitrogens with one attached hydrogen (secondary N) is 1. The van der Waals surface area contributed by atoms with Crippen LogP contribution in [0.1, 0.15) is 32.3 Å². The Balaban J connectivity index is 2.01. The van der Waals surface area contributed by atoms with Crippen LogP contribution in [0, 0.1) is 12.3 Å². The molecule has 0 aliphatic carbocycles. The van der Waals surface area contributed by atoms with Crippen molar-refractivity contribution in [1.82, 2.24) is 24.8 Å². The summed E-state index contributed by atoms with van der Waals surface area (Å²) in [5.41, 5.74) is 1.18. The Morgan fingerprint density at radius 3 is 2.70 bits per heavy atom. The van der Waals surface area contributed by atoms with E-state index >= 15 is 0 Å². The lowest BCUT2D eigenvalue weighted by atomic mass is 9.86. The van der Waals surface area contributed by atoms with Gasteiger partial charge in [-0.1, -0.05) is 20.8 Å². The Bertz CT molecular complexity index is 527. The Kier molecular flexibility index (Phi) is 4.49. The van der Waals surface area contributed by atoms with Gasteiger partial charge in [-0.3, -0.25) is 0 Å². The fourth-order valence-corrected chi connectivity index (χ4v) is 2.08. The summed E-state index contributed by atoms with van der Waals surface area (Å²) in [6, 6.07) is 2.30. The molecule has 0 fully saturated rings. The van der Waals surface area contributed by atoms with Crippen LogP contribution in [0.4, 0.5) is 0 Å². The fraction of sp³-hybridized carbons (Fsp3) is 0.533. The van der Waals surface area contributed by atoms with Gasteiger partial charge in [0, 0.05) is 37.7 Å². The molecule has 0 aromatic carbocycles. The molecule has 1 N–H and O–H groups in total. The third-order valence-corrected chi connectivity index (χ3v) is 3.36. The topological polar surface area (TPSA) is 55.6 Å². The van der Waals surface area contributed by atoms with Gasteiger partial charge in [0.1, 0.15) is 5.82 Å². The summed E-state index contributed by atoms with van der Waals surface area (Å²) in [4.78, 5) is 12.7. The molecule has 0 radical (unpaired) electrons. The normalized spacial score (nSPS) is 13.4. The third-order valence-electron chi connectivity index (χ3n) is 3.36. The van der Waals surface area contributed by atoms with E-state index in [0.29, 0.717) is 6.04 Å². The van der Waals surface area contributed by atoms with Crippen LogP contribution in [-0.4, -0.2) is 25.6 Å². The minimum atomic E-state index is 0.159. The Labute approximate surface area is 120 Å². The quantitative estimate of drug-likeness (QED) is 0.907. The van der Waals surface area contributed by atoms with E-state index in [1.165, 1.54) is 0 Å². The first-order chi connectivity index (χ1) is 9.45. The highest BCUT2D eigenvalue weighted by molar-refractivity contribution is 5.01. The highest BCUT2D eigenvalue weighted by Gasteiger charge is 2.24. The molecule has 0 saturated carbocycles. The number of nitrogens with zero attached hydrogens (tertiary/aromatic N) is 4. The molecule has 2 rings (SSSR count). The maximum atomic E-state index is 4.43. The average Bonchev–Trinajstić information content (AvgIpc) is 2.86. The zero-order chi connectivity index (χ0) is 14.6. The monoisotopic (exact) mass is 273 g/mol. The van der Waals surface area contributed by atoms with Crippen LogP contribution in [0.5, 0.6) is 0 Å². The third kappa shape index (κ3) is 4.13. The standard InChI is InChI=1S/C15H23N5/c1-12-17-6-5-13(19-12)9-18-14(15(2,3)4)10-20-8-7-16-11-20/h5-8,11,14,18H,9-10H2,1-4H3. The second-order valence-corrected chi connectivity index (χ2v) is 6.15. The van der Waals surface area contributed by atoms with Gasteiger partial charge in [0.25, 0.3) is 0 Å². The van der Waals surface area contributed by atoms with Gasteiger partial charge in [-0.05, 0) is 18.4 Å². The van der Waals surface area contributed by atoms with E-state index in [1.54, 1.807) is 6.20 Å². The summed E-state index contributed by atoms with van der Waals surface area (Å²) in [6.07, 6.45) is 7.47. The van der Waals surface area contributed by atoms with Crippen LogP contribution in [0.2, 0.25) is 0 Å². The number of aromatic nitrogens is 4. The van der Waals surface area contributed by atoms with Crippen molar-refractivity contribution < 1.29 is 0 Å². The molecule has 2 aromatic heterocycles. The number of hydrogen-bond donors (Lipinski definition) is 1. The van der Waals surface area contributed by atoms with Crippen molar-refractivity contribution in [1.29, 1.82) is 0 Å². The van der Waals surface area contributed by atoms with Gasteiger partial charge in [-0.15, -0.1) is 0 Å². The van der Waals surface area contributed by atoms with E-state index < -0.39 is 0 Å². The first-order valence-electron chi connectivity index (χ1n) is 6.93. The summed E-state index contributed by atoms with van der Waals surface area (Å²) >= 11 is 0. The number of aryl methyl sites for hydroxylation is 1. The van der Waals surface area contributed by atoms with Gasteiger partial charge in [0.15, 0.2) is 0 Å². The van der Waals surface area contributed by atoms with Crippen molar-refractivity contribution in [2.75, 3.05) is 0 Å². The number of hydrogen-bond acceptors (Lipinski definition) is 4. The Morgan fingerprint density at radius 1 is 1.30 bits per heavy atom. The predicted molar refractivity (Wildman–Crippen MR) is 79.1 cm³/mol. The zero-order valence-corrected chi connectivity index (χ0v) is 12.7. The van der Waals surface area contributed by atoms with Crippen molar-refractivity contribution in [2.45, 2.75) is 46.8 Å².